The molecular weight excluding hydrogens is 466 g/mol. The monoisotopic (exact) mass is 491 g/mol. The summed E-state index contributed by atoms with van der Waals surface area (Å²) in [6, 6.07) is 9.24. The van der Waals surface area contributed by atoms with E-state index in [0.29, 0.717) is 45.7 Å². The van der Waals surface area contributed by atoms with E-state index in [1.807, 2.05) is 31.3 Å². The number of ether oxygens (including phenoxy) is 1. The van der Waals surface area contributed by atoms with Crippen molar-refractivity contribution in [3.63, 3.8) is 0 Å². The van der Waals surface area contributed by atoms with Crippen molar-refractivity contribution in [1.29, 1.82) is 0 Å². The minimum absolute atomic E-state index is 0.00340. The van der Waals surface area contributed by atoms with Gasteiger partial charge in [-0.2, -0.15) is 5.10 Å². The van der Waals surface area contributed by atoms with E-state index in [2.05, 4.69) is 32.0 Å². The lowest BCUT2D eigenvalue weighted by Gasteiger charge is -2.28. The van der Waals surface area contributed by atoms with Gasteiger partial charge in [0.15, 0.2) is 11.5 Å². The fourth-order valence-corrected chi connectivity index (χ4v) is 4.57. The molecule has 5 rings (SSSR count). The summed E-state index contributed by atoms with van der Waals surface area (Å²) in [4.78, 5) is 28.8. The van der Waals surface area contributed by atoms with Crippen LogP contribution in [-0.2, 0) is 11.8 Å². The topological polar surface area (TPSA) is 112 Å². The molecule has 35 heavy (non-hydrogen) atoms. The van der Waals surface area contributed by atoms with Crippen molar-refractivity contribution < 1.29 is 9.53 Å². The van der Waals surface area contributed by atoms with Gasteiger partial charge in [0, 0.05) is 30.4 Å². The highest BCUT2D eigenvalue weighted by molar-refractivity contribution is 6.35. The van der Waals surface area contributed by atoms with E-state index in [1.54, 1.807) is 23.1 Å². The number of likely N-dealkylation sites (tertiary alicyclic amines) is 1. The molecule has 1 aliphatic heterocycles. The van der Waals surface area contributed by atoms with Gasteiger partial charge in [-0.1, -0.05) is 17.7 Å². The SMILES string of the molecule is CN1CCC(COC(=O)c2nc(-c3cc(Cl)c4ncccc4c3)c(-c3ccn(C)n3)nc2N)CC1. The second-order valence-corrected chi connectivity index (χ2v) is 9.31. The number of halogens is 1. The van der Waals surface area contributed by atoms with E-state index in [1.165, 1.54) is 0 Å². The molecule has 0 amide bonds. The molecule has 1 fully saturated rings. The lowest BCUT2D eigenvalue weighted by Crippen LogP contribution is -2.32. The normalized spacial score (nSPS) is 14.9. The predicted octanol–water partition coefficient (Wildman–Crippen LogP) is 3.83. The van der Waals surface area contributed by atoms with Crippen molar-refractivity contribution in [2.75, 3.05) is 32.5 Å². The number of piperidine rings is 1. The number of esters is 1. The fourth-order valence-electron chi connectivity index (χ4n) is 4.30. The van der Waals surface area contributed by atoms with Crippen LogP contribution in [-0.4, -0.2) is 62.3 Å². The number of nitrogens with zero attached hydrogens (tertiary/aromatic N) is 6. The molecule has 180 valence electrons. The third-order valence-electron chi connectivity index (χ3n) is 6.29. The zero-order chi connectivity index (χ0) is 24.5. The molecule has 4 aromatic rings. The standard InChI is InChI=1S/C25H26ClN7O2/c1-32-9-5-15(6-10-32)14-35-25(34)23-24(27)30-22(19-7-11-33(2)31-19)21(29-23)17-12-16-4-3-8-28-20(16)18(26)13-17/h3-4,7-8,11-13,15H,5-6,9-10,14H2,1-2H3,(H2,27,30). The molecule has 0 spiro atoms. The van der Waals surface area contributed by atoms with Crippen molar-refractivity contribution in [1.82, 2.24) is 29.6 Å². The van der Waals surface area contributed by atoms with Crippen LogP contribution in [0.5, 0.6) is 0 Å². The lowest BCUT2D eigenvalue weighted by molar-refractivity contribution is 0.0378. The van der Waals surface area contributed by atoms with Crippen LogP contribution in [0.15, 0.2) is 42.7 Å². The molecule has 2 N–H and O–H groups in total. The first-order chi connectivity index (χ1) is 16.9. The first kappa shape index (κ1) is 23.2. The summed E-state index contributed by atoms with van der Waals surface area (Å²) >= 11 is 6.54. The quantitative estimate of drug-likeness (QED) is 0.419. The maximum absolute atomic E-state index is 13.0. The summed E-state index contributed by atoms with van der Waals surface area (Å²) in [5.74, 6) is -0.268. The van der Waals surface area contributed by atoms with Gasteiger partial charge in [-0.05, 0) is 63.2 Å². The molecule has 0 aliphatic carbocycles. The highest BCUT2D eigenvalue weighted by atomic mass is 35.5. The number of nitrogens with two attached hydrogens (primary N) is 1. The molecule has 4 heterocycles. The number of aromatic nitrogens is 5. The van der Waals surface area contributed by atoms with Crippen LogP contribution >= 0.6 is 11.6 Å². The zero-order valence-electron chi connectivity index (χ0n) is 19.6. The van der Waals surface area contributed by atoms with E-state index >= 15 is 0 Å². The van der Waals surface area contributed by atoms with E-state index < -0.39 is 5.97 Å². The summed E-state index contributed by atoms with van der Waals surface area (Å²) in [5.41, 5.74) is 9.02. The Balaban J connectivity index is 1.54. The number of fused-ring (bicyclic) bond motifs is 1. The largest absolute Gasteiger partial charge is 0.461 e. The number of carbonyl (C=O) groups is 1. The summed E-state index contributed by atoms with van der Waals surface area (Å²) < 4.78 is 7.29. The molecule has 0 radical (unpaired) electrons. The Kier molecular flexibility index (Phi) is 6.36. The first-order valence-electron chi connectivity index (χ1n) is 11.5. The molecule has 1 aromatic carbocycles. The number of anilines is 1. The molecule has 0 saturated carbocycles. The lowest BCUT2D eigenvalue weighted by atomic mass is 9.98. The third kappa shape index (κ3) is 4.82. The fraction of sp³-hybridized carbons (Fsp3) is 0.320. The van der Waals surface area contributed by atoms with Gasteiger partial charge < -0.3 is 15.4 Å². The van der Waals surface area contributed by atoms with Crippen LogP contribution in [0.1, 0.15) is 23.3 Å². The molecule has 10 heteroatoms. The third-order valence-corrected chi connectivity index (χ3v) is 6.58. The minimum Gasteiger partial charge on any atom is -0.461 e. The van der Waals surface area contributed by atoms with Crippen molar-refractivity contribution in [2.45, 2.75) is 12.8 Å². The summed E-state index contributed by atoms with van der Waals surface area (Å²) in [6.07, 6.45) is 5.46. The van der Waals surface area contributed by atoms with Gasteiger partial charge in [0.05, 0.1) is 22.8 Å². The van der Waals surface area contributed by atoms with Crippen LogP contribution in [0.25, 0.3) is 33.5 Å². The van der Waals surface area contributed by atoms with Crippen molar-refractivity contribution in [3.05, 3.63) is 53.4 Å². The Labute approximate surface area is 207 Å². The van der Waals surface area contributed by atoms with Crippen LogP contribution in [0, 0.1) is 5.92 Å². The number of rotatable bonds is 5. The van der Waals surface area contributed by atoms with Gasteiger partial charge in [-0.3, -0.25) is 9.67 Å². The Hall–Kier alpha value is -3.56. The number of carbonyl (C=O) groups excluding carboxylic acids is 1. The van der Waals surface area contributed by atoms with Crippen LogP contribution < -0.4 is 5.73 Å². The van der Waals surface area contributed by atoms with E-state index in [4.69, 9.17) is 22.1 Å². The number of aryl methyl sites for hydroxylation is 1. The highest BCUT2D eigenvalue weighted by Gasteiger charge is 2.24. The Morgan fingerprint density at radius 2 is 1.97 bits per heavy atom. The molecule has 0 atom stereocenters. The molecule has 1 aliphatic rings. The minimum atomic E-state index is -0.587. The van der Waals surface area contributed by atoms with Crippen LogP contribution in [0.2, 0.25) is 5.02 Å². The van der Waals surface area contributed by atoms with E-state index in [-0.39, 0.29) is 11.5 Å². The Bertz CT molecular complexity index is 1400. The highest BCUT2D eigenvalue weighted by Crippen LogP contribution is 2.34. The molecular formula is C25H26ClN7O2. The van der Waals surface area contributed by atoms with Crippen molar-refractivity contribution in [2.24, 2.45) is 13.0 Å². The Morgan fingerprint density at radius 1 is 1.17 bits per heavy atom. The van der Waals surface area contributed by atoms with E-state index in [0.717, 1.165) is 31.3 Å². The molecule has 9 nitrogen and oxygen atoms in total. The molecule has 3 aromatic heterocycles. The average molecular weight is 492 g/mol. The summed E-state index contributed by atoms with van der Waals surface area (Å²) in [5, 5.41) is 5.77. The van der Waals surface area contributed by atoms with Crippen molar-refractivity contribution in [3.8, 4) is 22.6 Å². The first-order valence-corrected chi connectivity index (χ1v) is 11.8. The number of nitrogen functional groups attached to an aromatic ring is 1. The number of hydrogen-bond acceptors (Lipinski definition) is 8. The summed E-state index contributed by atoms with van der Waals surface area (Å²) in [6.45, 7) is 2.31. The maximum atomic E-state index is 13.0. The summed E-state index contributed by atoms with van der Waals surface area (Å²) in [7, 11) is 3.91. The number of pyridine rings is 1. The van der Waals surface area contributed by atoms with Crippen LogP contribution in [0.3, 0.4) is 0 Å². The van der Waals surface area contributed by atoms with E-state index in [9.17, 15) is 4.79 Å². The van der Waals surface area contributed by atoms with Gasteiger partial charge in [-0.25, -0.2) is 14.8 Å². The maximum Gasteiger partial charge on any atom is 0.360 e. The second-order valence-electron chi connectivity index (χ2n) is 8.91. The number of benzene rings is 1. The zero-order valence-corrected chi connectivity index (χ0v) is 20.4. The van der Waals surface area contributed by atoms with Crippen LogP contribution in [0.4, 0.5) is 5.82 Å². The van der Waals surface area contributed by atoms with Gasteiger partial charge in [-0.15, -0.1) is 0 Å². The molecule has 0 unspecified atom stereocenters. The van der Waals surface area contributed by atoms with Gasteiger partial charge in [0.1, 0.15) is 11.4 Å². The predicted molar refractivity (Wildman–Crippen MR) is 135 cm³/mol. The number of hydrogen-bond donors (Lipinski definition) is 1. The van der Waals surface area contributed by atoms with Gasteiger partial charge in [0.2, 0.25) is 0 Å². The smallest absolute Gasteiger partial charge is 0.360 e. The second kappa shape index (κ2) is 9.59. The molecule has 1 saturated heterocycles. The van der Waals surface area contributed by atoms with Gasteiger partial charge in [0.25, 0.3) is 0 Å². The Morgan fingerprint density at radius 3 is 2.71 bits per heavy atom. The van der Waals surface area contributed by atoms with Crippen molar-refractivity contribution >= 4 is 34.3 Å². The average Bonchev–Trinajstić information content (AvgIpc) is 3.29. The van der Waals surface area contributed by atoms with Gasteiger partial charge >= 0.3 is 5.97 Å². The molecule has 0 bridgehead atoms.